The molecule has 2 aromatic rings. The molecule has 1 saturated heterocycles. The minimum atomic E-state index is -0.856. The number of para-hydroxylation sites is 1. The van der Waals surface area contributed by atoms with Gasteiger partial charge in [-0.05, 0) is 30.5 Å². The molecule has 0 bridgehead atoms. The number of phenols is 1. The van der Waals surface area contributed by atoms with Gasteiger partial charge in [-0.1, -0.05) is 36.4 Å². The highest BCUT2D eigenvalue weighted by Crippen LogP contribution is 2.33. The molecule has 8 heteroatoms. The number of ether oxygens (including phenoxy) is 1. The lowest BCUT2D eigenvalue weighted by atomic mass is 9.81. The van der Waals surface area contributed by atoms with E-state index < -0.39 is 23.7 Å². The lowest BCUT2D eigenvalue weighted by molar-refractivity contribution is -0.146. The third-order valence-electron chi connectivity index (χ3n) is 5.98. The van der Waals surface area contributed by atoms with Gasteiger partial charge in [-0.3, -0.25) is 19.7 Å². The summed E-state index contributed by atoms with van der Waals surface area (Å²) in [4.78, 5) is 38.6. The molecule has 3 N–H and O–H groups in total. The summed E-state index contributed by atoms with van der Waals surface area (Å²) in [6.45, 7) is 0.662. The van der Waals surface area contributed by atoms with Crippen molar-refractivity contribution in [2.24, 2.45) is 0 Å². The lowest BCUT2D eigenvalue weighted by Gasteiger charge is -2.39. The number of aromatic hydroxyl groups is 1. The number of phenolic OH excluding ortho intramolecular Hbond substituents is 1. The molecular formula is C24H27N3O5. The van der Waals surface area contributed by atoms with Crippen LogP contribution < -0.4 is 10.6 Å². The van der Waals surface area contributed by atoms with Crippen molar-refractivity contribution in [2.75, 3.05) is 26.0 Å². The van der Waals surface area contributed by atoms with Crippen LogP contribution >= 0.6 is 0 Å². The molecule has 0 radical (unpaired) electrons. The van der Waals surface area contributed by atoms with Gasteiger partial charge in [-0.15, -0.1) is 0 Å². The van der Waals surface area contributed by atoms with Crippen LogP contribution in [0.25, 0.3) is 0 Å². The molecule has 168 valence electrons. The van der Waals surface area contributed by atoms with Crippen molar-refractivity contribution in [3.63, 3.8) is 0 Å². The van der Waals surface area contributed by atoms with Crippen LogP contribution in [0.4, 0.5) is 5.69 Å². The highest BCUT2D eigenvalue weighted by Gasteiger charge is 2.51. The van der Waals surface area contributed by atoms with Crippen molar-refractivity contribution in [1.82, 2.24) is 10.2 Å². The predicted molar refractivity (Wildman–Crippen MR) is 119 cm³/mol. The van der Waals surface area contributed by atoms with Crippen LogP contribution in [0, 0.1) is 0 Å². The summed E-state index contributed by atoms with van der Waals surface area (Å²) in [7, 11) is 3.18. The number of nitrogens with one attached hydrogen (secondary N) is 2. The number of benzene rings is 2. The van der Waals surface area contributed by atoms with E-state index in [1.165, 1.54) is 11.0 Å². The quantitative estimate of drug-likeness (QED) is 0.449. The first-order valence-corrected chi connectivity index (χ1v) is 10.7. The Labute approximate surface area is 186 Å². The standard InChI is InChI=1S/C24H27N3O5/c1-27(2)24(31)15-10-6-11-16(21(15)28)25-19-20(23(30)22(19)29)26-18(17-12-7-13-32-17)14-8-4-3-5-9-14/h3-6,8-11,17-20,25-26,28H,7,12-13H2,1-2H3. The summed E-state index contributed by atoms with van der Waals surface area (Å²) in [6.07, 6.45) is 1.70. The number of carbonyl (C=O) groups excluding carboxylic acids is 3. The molecule has 4 unspecified atom stereocenters. The molecule has 0 spiro atoms. The molecule has 1 aliphatic carbocycles. The Hall–Kier alpha value is -3.23. The third kappa shape index (κ3) is 4.11. The van der Waals surface area contributed by atoms with Crippen LogP contribution in [0.2, 0.25) is 0 Å². The molecule has 1 amide bonds. The fourth-order valence-corrected chi connectivity index (χ4v) is 4.21. The molecule has 1 aliphatic heterocycles. The van der Waals surface area contributed by atoms with E-state index in [0.717, 1.165) is 18.4 Å². The summed E-state index contributed by atoms with van der Waals surface area (Å²) < 4.78 is 5.88. The van der Waals surface area contributed by atoms with Crippen molar-refractivity contribution < 1.29 is 24.2 Å². The van der Waals surface area contributed by atoms with Crippen LogP contribution in [0.3, 0.4) is 0 Å². The first kappa shape index (κ1) is 22.0. The number of rotatable bonds is 7. The van der Waals surface area contributed by atoms with E-state index >= 15 is 0 Å². The molecule has 2 aliphatic rings. The van der Waals surface area contributed by atoms with Crippen molar-refractivity contribution >= 4 is 23.2 Å². The van der Waals surface area contributed by atoms with Gasteiger partial charge in [0.1, 0.15) is 12.1 Å². The zero-order valence-electron chi connectivity index (χ0n) is 18.1. The van der Waals surface area contributed by atoms with Gasteiger partial charge in [0.15, 0.2) is 5.75 Å². The summed E-state index contributed by atoms with van der Waals surface area (Å²) >= 11 is 0. The number of Topliss-reactive ketones (excluding diaryl/α,β-unsaturated/α-hetero) is 2. The van der Waals surface area contributed by atoms with Crippen LogP contribution in [-0.4, -0.2) is 66.4 Å². The first-order chi connectivity index (χ1) is 15.4. The zero-order chi connectivity index (χ0) is 22.8. The average Bonchev–Trinajstić information content (AvgIpc) is 3.34. The Morgan fingerprint density at radius 3 is 2.44 bits per heavy atom. The van der Waals surface area contributed by atoms with Crippen molar-refractivity contribution in [3.05, 3.63) is 59.7 Å². The fourth-order valence-electron chi connectivity index (χ4n) is 4.21. The van der Waals surface area contributed by atoms with Crippen molar-refractivity contribution in [2.45, 2.75) is 37.1 Å². The van der Waals surface area contributed by atoms with Gasteiger partial charge >= 0.3 is 0 Å². The molecule has 2 aromatic carbocycles. The second-order valence-electron chi connectivity index (χ2n) is 8.34. The van der Waals surface area contributed by atoms with Gasteiger partial charge in [-0.25, -0.2) is 0 Å². The summed E-state index contributed by atoms with van der Waals surface area (Å²) in [5, 5.41) is 16.9. The first-order valence-electron chi connectivity index (χ1n) is 10.7. The van der Waals surface area contributed by atoms with Crippen molar-refractivity contribution in [3.8, 4) is 5.75 Å². The van der Waals surface area contributed by atoms with Gasteiger partial charge in [-0.2, -0.15) is 0 Å². The Balaban J connectivity index is 1.56. The Morgan fingerprint density at radius 2 is 1.78 bits per heavy atom. The maximum absolute atomic E-state index is 12.5. The smallest absolute Gasteiger partial charge is 0.257 e. The number of carbonyl (C=O) groups is 3. The van der Waals surface area contributed by atoms with Crippen LogP contribution in [-0.2, 0) is 14.3 Å². The molecular weight excluding hydrogens is 410 g/mol. The summed E-state index contributed by atoms with van der Waals surface area (Å²) in [5.74, 6) is -1.69. The average molecular weight is 437 g/mol. The summed E-state index contributed by atoms with van der Waals surface area (Å²) in [5.41, 5.74) is 1.32. The molecule has 1 heterocycles. The number of ketones is 2. The maximum Gasteiger partial charge on any atom is 0.257 e. The van der Waals surface area contributed by atoms with Crippen LogP contribution in [0.15, 0.2) is 48.5 Å². The van der Waals surface area contributed by atoms with Gasteiger partial charge < -0.3 is 20.1 Å². The van der Waals surface area contributed by atoms with Crippen LogP contribution in [0.5, 0.6) is 5.75 Å². The molecule has 32 heavy (non-hydrogen) atoms. The van der Waals surface area contributed by atoms with Crippen molar-refractivity contribution in [1.29, 1.82) is 0 Å². The molecule has 4 rings (SSSR count). The van der Waals surface area contributed by atoms with Gasteiger partial charge in [0.2, 0.25) is 11.6 Å². The summed E-state index contributed by atoms with van der Waals surface area (Å²) in [6, 6.07) is 12.5. The number of hydrogen-bond donors (Lipinski definition) is 3. The second-order valence-corrected chi connectivity index (χ2v) is 8.34. The molecule has 8 nitrogen and oxygen atoms in total. The largest absolute Gasteiger partial charge is 0.505 e. The van der Waals surface area contributed by atoms with E-state index in [1.807, 2.05) is 30.3 Å². The number of nitrogens with zero attached hydrogens (tertiary/aromatic N) is 1. The Bertz CT molecular complexity index is 1020. The van der Waals surface area contributed by atoms with E-state index in [2.05, 4.69) is 10.6 Å². The molecule has 0 aromatic heterocycles. The lowest BCUT2D eigenvalue weighted by Crippen LogP contribution is -2.68. The van der Waals surface area contributed by atoms with Gasteiger partial charge in [0.25, 0.3) is 5.91 Å². The number of hydrogen-bond acceptors (Lipinski definition) is 7. The normalized spacial score (nSPS) is 23.5. The SMILES string of the molecule is CN(C)C(=O)c1cccc(NC2C(=O)C(=O)C2NC(c2ccccc2)C2CCCO2)c1O. The number of amides is 1. The molecule has 4 atom stereocenters. The van der Waals surface area contributed by atoms with E-state index in [0.29, 0.717) is 6.61 Å². The van der Waals surface area contributed by atoms with E-state index in [4.69, 9.17) is 4.74 Å². The number of anilines is 1. The fraction of sp³-hybridized carbons (Fsp3) is 0.375. The predicted octanol–water partition coefficient (Wildman–Crippen LogP) is 1.90. The topological polar surface area (TPSA) is 108 Å². The maximum atomic E-state index is 12.5. The second kappa shape index (κ2) is 9.10. The third-order valence-corrected chi connectivity index (χ3v) is 5.98. The minimum Gasteiger partial charge on any atom is -0.505 e. The Morgan fingerprint density at radius 1 is 1.06 bits per heavy atom. The highest BCUT2D eigenvalue weighted by atomic mass is 16.5. The molecule has 1 saturated carbocycles. The highest BCUT2D eigenvalue weighted by molar-refractivity contribution is 6.49. The van der Waals surface area contributed by atoms with E-state index in [9.17, 15) is 19.5 Å². The van der Waals surface area contributed by atoms with E-state index in [1.54, 1.807) is 26.2 Å². The minimum absolute atomic E-state index is 0.101. The Kier molecular flexibility index (Phi) is 6.25. The van der Waals surface area contributed by atoms with Crippen LogP contribution in [0.1, 0.15) is 34.8 Å². The zero-order valence-corrected chi connectivity index (χ0v) is 18.1. The van der Waals surface area contributed by atoms with E-state index in [-0.39, 0.29) is 35.1 Å². The van der Waals surface area contributed by atoms with Gasteiger partial charge in [0, 0.05) is 20.7 Å². The van der Waals surface area contributed by atoms with Gasteiger partial charge in [0.05, 0.1) is 23.4 Å². The molecule has 2 fully saturated rings. The monoisotopic (exact) mass is 437 g/mol.